The largest absolute Gasteiger partial charge is 0.310 e. The third kappa shape index (κ3) is 1.99. The van der Waals surface area contributed by atoms with Crippen LogP contribution in [0.4, 0.5) is 0 Å². The first-order valence-electron chi connectivity index (χ1n) is 5.33. The van der Waals surface area contributed by atoms with Gasteiger partial charge >= 0.3 is 0 Å². The lowest BCUT2D eigenvalue weighted by Crippen LogP contribution is -2.37. The van der Waals surface area contributed by atoms with Gasteiger partial charge < -0.3 is 10.2 Å². The Hall–Kier alpha value is -0.0800. The van der Waals surface area contributed by atoms with Crippen molar-refractivity contribution in [3.8, 4) is 0 Å². The molecular weight excluding hydrogens is 148 g/mol. The summed E-state index contributed by atoms with van der Waals surface area (Å²) in [5.41, 5.74) is 0. The van der Waals surface area contributed by atoms with Gasteiger partial charge in [-0.1, -0.05) is 0 Å². The Labute approximate surface area is 75.3 Å². The highest BCUT2D eigenvalue weighted by Gasteiger charge is 2.23. The predicted octanol–water partition coefficient (Wildman–Crippen LogP) is 1.22. The molecule has 2 aliphatic heterocycles. The molecule has 2 nitrogen and oxygen atoms in total. The van der Waals surface area contributed by atoms with Crippen molar-refractivity contribution in [1.82, 2.24) is 10.2 Å². The molecule has 2 heterocycles. The van der Waals surface area contributed by atoms with Crippen molar-refractivity contribution < 1.29 is 0 Å². The van der Waals surface area contributed by atoms with Gasteiger partial charge in [-0.15, -0.1) is 0 Å². The standard InChI is InChI=1S/C10H20N2/c1-9-4-5-10(11-9)8-12-6-2-3-7-12/h9-11H,2-8H2,1H3. The van der Waals surface area contributed by atoms with Crippen molar-refractivity contribution in [2.24, 2.45) is 0 Å². The molecule has 2 aliphatic rings. The van der Waals surface area contributed by atoms with E-state index in [1.807, 2.05) is 0 Å². The van der Waals surface area contributed by atoms with Crippen LogP contribution in [0.3, 0.4) is 0 Å². The van der Waals surface area contributed by atoms with Crippen molar-refractivity contribution in [1.29, 1.82) is 0 Å². The van der Waals surface area contributed by atoms with E-state index in [0.717, 1.165) is 12.1 Å². The lowest BCUT2D eigenvalue weighted by Gasteiger charge is -2.20. The van der Waals surface area contributed by atoms with Gasteiger partial charge in [0.05, 0.1) is 0 Å². The number of nitrogens with one attached hydrogen (secondary N) is 1. The zero-order valence-electron chi connectivity index (χ0n) is 8.05. The number of hydrogen-bond acceptors (Lipinski definition) is 2. The van der Waals surface area contributed by atoms with Crippen LogP contribution in [0.1, 0.15) is 32.6 Å². The fourth-order valence-electron chi connectivity index (χ4n) is 2.44. The van der Waals surface area contributed by atoms with Crippen molar-refractivity contribution >= 4 is 0 Å². The number of hydrogen-bond donors (Lipinski definition) is 1. The molecule has 0 saturated carbocycles. The molecule has 70 valence electrons. The molecule has 2 rings (SSSR count). The Morgan fingerprint density at radius 2 is 2.00 bits per heavy atom. The average Bonchev–Trinajstić information content (AvgIpc) is 2.63. The van der Waals surface area contributed by atoms with Crippen molar-refractivity contribution in [3.63, 3.8) is 0 Å². The smallest absolute Gasteiger partial charge is 0.0198 e. The predicted molar refractivity (Wildman–Crippen MR) is 51.3 cm³/mol. The van der Waals surface area contributed by atoms with Gasteiger partial charge in [0.1, 0.15) is 0 Å². The summed E-state index contributed by atoms with van der Waals surface area (Å²) in [7, 11) is 0. The second-order valence-electron chi connectivity index (χ2n) is 4.35. The summed E-state index contributed by atoms with van der Waals surface area (Å²) in [5.74, 6) is 0. The van der Waals surface area contributed by atoms with Crippen LogP contribution in [0.15, 0.2) is 0 Å². The Morgan fingerprint density at radius 1 is 1.25 bits per heavy atom. The lowest BCUT2D eigenvalue weighted by atomic mass is 10.2. The van der Waals surface area contributed by atoms with Crippen molar-refractivity contribution in [3.05, 3.63) is 0 Å². The molecule has 0 bridgehead atoms. The Morgan fingerprint density at radius 3 is 2.58 bits per heavy atom. The van der Waals surface area contributed by atoms with Gasteiger partial charge in [0.15, 0.2) is 0 Å². The minimum atomic E-state index is 0.762. The van der Waals surface area contributed by atoms with E-state index in [4.69, 9.17) is 0 Å². The molecule has 2 fully saturated rings. The van der Waals surface area contributed by atoms with E-state index in [9.17, 15) is 0 Å². The highest BCUT2D eigenvalue weighted by molar-refractivity contribution is 4.84. The summed E-state index contributed by atoms with van der Waals surface area (Å²) in [5, 5.41) is 3.64. The summed E-state index contributed by atoms with van der Waals surface area (Å²) >= 11 is 0. The van der Waals surface area contributed by atoms with E-state index < -0.39 is 0 Å². The van der Waals surface area contributed by atoms with Crippen LogP contribution in [0, 0.1) is 0 Å². The van der Waals surface area contributed by atoms with E-state index in [-0.39, 0.29) is 0 Å². The van der Waals surface area contributed by atoms with E-state index in [2.05, 4.69) is 17.1 Å². The zero-order valence-corrected chi connectivity index (χ0v) is 8.05. The Kier molecular flexibility index (Phi) is 2.66. The first kappa shape index (κ1) is 8.52. The summed E-state index contributed by atoms with van der Waals surface area (Å²) in [6, 6.07) is 1.55. The first-order chi connectivity index (χ1) is 5.84. The number of rotatable bonds is 2. The maximum atomic E-state index is 3.64. The third-order valence-corrected chi connectivity index (χ3v) is 3.15. The quantitative estimate of drug-likeness (QED) is 0.667. The van der Waals surface area contributed by atoms with Crippen LogP contribution < -0.4 is 5.32 Å². The lowest BCUT2D eigenvalue weighted by molar-refractivity contribution is 0.300. The van der Waals surface area contributed by atoms with Gasteiger partial charge in [-0.25, -0.2) is 0 Å². The van der Waals surface area contributed by atoms with Crippen LogP contribution in [0.5, 0.6) is 0 Å². The molecule has 0 radical (unpaired) electrons. The molecule has 12 heavy (non-hydrogen) atoms. The highest BCUT2D eigenvalue weighted by Crippen LogP contribution is 2.15. The molecule has 1 N–H and O–H groups in total. The highest BCUT2D eigenvalue weighted by atomic mass is 15.2. The second-order valence-corrected chi connectivity index (χ2v) is 4.35. The maximum absolute atomic E-state index is 3.64. The summed E-state index contributed by atoms with van der Waals surface area (Å²) < 4.78 is 0. The number of likely N-dealkylation sites (tertiary alicyclic amines) is 1. The monoisotopic (exact) mass is 168 g/mol. The second kappa shape index (κ2) is 3.75. The van der Waals surface area contributed by atoms with Crippen LogP contribution in [-0.2, 0) is 0 Å². The van der Waals surface area contributed by atoms with E-state index in [0.29, 0.717) is 0 Å². The SMILES string of the molecule is CC1CCC(CN2CCCC2)N1. The molecule has 0 amide bonds. The fraction of sp³-hybridized carbons (Fsp3) is 1.00. The molecule has 0 aliphatic carbocycles. The van der Waals surface area contributed by atoms with E-state index >= 15 is 0 Å². The minimum absolute atomic E-state index is 0.762. The minimum Gasteiger partial charge on any atom is -0.310 e. The van der Waals surface area contributed by atoms with Gasteiger partial charge in [-0.05, 0) is 45.7 Å². The van der Waals surface area contributed by atoms with Crippen LogP contribution in [-0.4, -0.2) is 36.6 Å². The topological polar surface area (TPSA) is 15.3 Å². The molecule has 2 unspecified atom stereocenters. The fourth-order valence-corrected chi connectivity index (χ4v) is 2.44. The summed E-state index contributed by atoms with van der Waals surface area (Å²) in [6.45, 7) is 6.27. The van der Waals surface area contributed by atoms with E-state index in [1.165, 1.54) is 45.3 Å². The van der Waals surface area contributed by atoms with Crippen molar-refractivity contribution in [2.75, 3.05) is 19.6 Å². The zero-order chi connectivity index (χ0) is 8.39. The molecule has 2 saturated heterocycles. The van der Waals surface area contributed by atoms with Crippen LogP contribution in [0.25, 0.3) is 0 Å². The normalized spacial score (nSPS) is 37.8. The number of nitrogens with zero attached hydrogens (tertiary/aromatic N) is 1. The maximum Gasteiger partial charge on any atom is 0.0198 e. The van der Waals surface area contributed by atoms with Gasteiger partial charge in [0.25, 0.3) is 0 Å². The molecule has 2 heteroatoms. The van der Waals surface area contributed by atoms with Crippen molar-refractivity contribution in [2.45, 2.75) is 44.7 Å². The Balaban J connectivity index is 1.72. The van der Waals surface area contributed by atoms with Crippen LogP contribution in [0.2, 0.25) is 0 Å². The first-order valence-corrected chi connectivity index (χ1v) is 5.33. The molecule has 0 aromatic carbocycles. The van der Waals surface area contributed by atoms with E-state index in [1.54, 1.807) is 0 Å². The molecule has 0 aromatic rings. The molecular formula is C10H20N2. The van der Waals surface area contributed by atoms with Gasteiger partial charge in [0, 0.05) is 18.6 Å². The Bertz CT molecular complexity index is 141. The summed E-state index contributed by atoms with van der Waals surface area (Å²) in [6.07, 6.45) is 5.60. The van der Waals surface area contributed by atoms with Crippen LogP contribution >= 0.6 is 0 Å². The van der Waals surface area contributed by atoms with Gasteiger partial charge in [-0.2, -0.15) is 0 Å². The average molecular weight is 168 g/mol. The molecule has 0 spiro atoms. The van der Waals surface area contributed by atoms with Gasteiger partial charge in [0.2, 0.25) is 0 Å². The van der Waals surface area contributed by atoms with Gasteiger partial charge in [-0.3, -0.25) is 0 Å². The molecule has 0 aromatic heterocycles. The molecule has 2 atom stereocenters. The third-order valence-electron chi connectivity index (χ3n) is 3.15. The summed E-state index contributed by atoms with van der Waals surface area (Å²) in [4.78, 5) is 2.61.